The zero-order chi connectivity index (χ0) is 16.2. The molecule has 0 spiro atoms. The number of nitrogens with one attached hydrogen (secondary N) is 1. The van der Waals surface area contributed by atoms with Gasteiger partial charge in [-0.15, -0.1) is 0 Å². The first-order valence-electron chi connectivity index (χ1n) is 8.81. The Morgan fingerprint density at radius 3 is 2.45 bits per heavy atom. The molecule has 0 saturated carbocycles. The lowest BCUT2D eigenvalue weighted by Crippen LogP contribution is -2.44. The molecule has 5 heteroatoms. The summed E-state index contributed by atoms with van der Waals surface area (Å²) >= 11 is 0. The third-order valence-electron chi connectivity index (χ3n) is 4.67. The first-order chi connectivity index (χ1) is 10.4. The molecule has 1 atom stereocenters. The Hall–Kier alpha value is -0.810. The molecule has 2 fully saturated rings. The molecule has 0 bridgehead atoms. The Balaban J connectivity index is 1.65. The standard InChI is InChI=1S/C17H33N3O2/c1-5-19-9-7-15(8-10-19)18-12-14-6-11-20(13-14)16(21)22-17(2,3)4/h14-15,18H,5-13H2,1-4H3. The van der Waals surface area contributed by atoms with E-state index in [2.05, 4.69) is 17.1 Å². The minimum Gasteiger partial charge on any atom is -0.444 e. The van der Waals surface area contributed by atoms with Crippen molar-refractivity contribution < 1.29 is 9.53 Å². The number of hydrogen-bond acceptors (Lipinski definition) is 4. The van der Waals surface area contributed by atoms with Crippen molar-refractivity contribution in [3.05, 3.63) is 0 Å². The Labute approximate surface area is 135 Å². The van der Waals surface area contributed by atoms with E-state index in [0.717, 1.165) is 26.1 Å². The van der Waals surface area contributed by atoms with Crippen LogP contribution in [0.1, 0.15) is 47.0 Å². The van der Waals surface area contributed by atoms with Crippen molar-refractivity contribution in [2.45, 2.75) is 58.6 Å². The highest BCUT2D eigenvalue weighted by Crippen LogP contribution is 2.19. The van der Waals surface area contributed by atoms with Gasteiger partial charge in [-0.1, -0.05) is 6.92 Å². The van der Waals surface area contributed by atoms with Gasteiger partial charge in [-0.3, -0.25) is 0 Å². The van der Waals surface area contributed by atoms with Crippen LogP contribution in [-0.4, -0.2) is 66.8 Å². The fourth-order valence-corrected chi connectivity index (χ4v) is 3.28. The largest absolute Gasteiger partial charge is 0.444 e. The van der Waals surface area contributed by atoms with Gasteiger partial charge < -0.3 is 19.9 Å². The summed E-state index contributed by atoms with van der Waals surface area (Å²) in [5, 5.41) is 3.71. The molecule has 1 N–H and O–H groups in total. The van der Waals surface area contributed by atoms with Crippen LogP contribution in [0.4, 0.5) is 4.79 Å². The molecule has 1 unspecified atom stereocenters. The highest BCUT2D eigenvalue weighted by Gasteiger charge is 2.30. The Kier molecular flexibility index (Phi) is 6.09. The number of likely N-dealkylation sites (tertiary alicyclic amines) is 2. The van der Waals surface area contributed by atoms with E-state index in [4.69, 9.17) is 4.74 Å². The molecule has 0 aromatic carbocycles. The molecule has 2 heterocycles. The third kappa shape index (κ3) is 5.43. The van der Waals surface area contributed by atoms with Crippen LogP contribution in [0.3, 0.4) is 0 Å². The molecule has 0 aliphatic carbocycles. The summed E-state index contributed by atoms with van der Waals surface area (Å²) in [5.41, 5.74) is -0.402. The van der Waals surface area contributed by atoms with Crippen LogP contribution in [0.5, 0.6) is 0 Å². The van der Waals surface area contributed by atoms with Crippen LogP contribution in [0, 0.1) is 5.92 Å². The normalized spacial score (nSPS) is 24.7. The van der Waals surface area contributed by atoms with E-state index in [9.17, 15) is 4.79 Å². The zero-order valence-electron chi connectivity index (χ0n) is 14.7. The highest BCUT2D eigenvalue weighted by atomic mass is 16.6. The van der Waals surface area contributed by atoms with Crippen LogP contribution >= 0.6 is 0 Å². The van der Waals surface area contributed by atoms with Crippen molar-refractivity contribution in [1.82, 2.24) is 15.1 Å². The van der Waals surface area contributed by atoms with Gasteiger partial charge in [0.2, 0.25) is 0 Å². The topological polar surface area (TPSA) is 44.8 Å². The second-order valence-electron chi connectivity index (χ2n) is 7.70. The predicted molar refractivity (Wildman–Crippen MR) is 89.1 cm³/mol. The number of carbonyl (C=O) groups is 1. The first-order valence-corrected chi connectivity index (χ1v) is 8.81. The lowest BCUT2D eigenvalue weighted by molar-refractivity contribution is 0.0288. The van der Waals surface area contributed by atoms with E-state index in [1.165, 1.54) is 32.5 Å². The number of piperidine rings is 1. The minimum atomic E-state index is -0.402. The number of carbonyl (C=O) groups excluding carboxylic acids is 1. The van der Waals surface area contributed by atoms with Gasteiger partial charge >= 0.3 is 6.09 Å². The average molecular weight is 311 g/mol. The summed E-state index contributed by atoms with van der Waals surface area (Å²) < 4.78 is 5.45. The Bertz CT molecular complexity index is 359. The van der Waals surface area contributed by atoms with Gasteiger partial charge in [0.1, 0.15) is 5.60 Å². The smallest absolute Gasteiger partial charge is 0.410 e. The molecule has 0 aromatic rings. The number of hydrogen-bond donors (Lipinski definition) is 1. The van der Waals surface area contributed by atoms with E-state index in [0.29, 0.717) is 12.0 Å². The van der Waals surface area contributed by atoms with Crippen LogP contribution < -0.4 is 5.32 Å². The van der Waals surface area contributed by atoms with E-state index >= 15 is 0 Å². The summed E-state index contributed by atoms with van der Waals surface area (Å²) in [6.45, 7) is 14.3. The fraction of sp³-hybridized carbons (Fsp3) is 0.941. The van der Waals surface area contributed by atoms with Crippen molar-refractivity contribution in [1.29, 1.82) is 0 Å². The van der Waals surface area contributed by atoms with Gasteiger partial charge in [-0.25, -0.2) is 4.79 Å². The third-order valence-corrected chi connectivity index (χ3v) is 4.67. The van der Waals surface area contributed by atoms with Crippen LogP contribution in [0.15, 0.2) is 0 Å². The summed E-state index contributed by atoms with van der Waals surface area (Å²) in [7, 11) is 0. The minimum absolute atomic E-state index is 0.161. The lowest BCUT2D eigenvalue weighted by atomic mass is 10.0. The number of ether oxygens (including phenoxy) is 1. The molecule has 2 aliphatic rings. The number of nitrogens with zero attached hydrogens (tertiary/aromatic N) is 2. The molecule has 0 aromatic heterocycles. The average Bonchev–Trinajstić information content (AvgIpc) is 2.93. The second kappa shape index (κ2) is 7.64. The van der Waals surface area contributed by atoms with Crippen molar-refractivity contribution in [3.63, 3.8) is 0 Å². The molecule has 2 aliphatic heterocycles. The van der Waals surface area contributed by atoms with Crippen LogP contribution in [0.25, 0.3) is 0 Å². The second-order valence-corrected chi connectivity index (χ2v) is 7.70. The van der Waals surface area contributed by atoms with Crippen molar-refractivity contribution in [2.75, 3.05) is 39.3 Å². The molecule has 0 radical (unpaired) electrons. The van der Waals surface area contributed by atoms with Gasteiger partial charge in [0.25, 0.3) is 0 Å². The maximum Gasteiger partial charge on any atom is 0.410 e. The van der Waals surface area contributed by atoms with Gasteiger partial charge in [0, 0.05) is 19.1 Å². The zero-order valence-corrected chi connectivity index (χ0v) is 14.7. The maximum atomic E-state index is 12.1. The Morgan fingerprint density at radius 2 is 1.86 bits per heavy atom. The van der Waals surface area contributed by atoms with Crippen molar-refractivity contribution in [2.24, 2.45) is 5.92 Å². The molecule has 128 valence electrons. The van der Waals surface area contributed by atoms with Gasteiger partial charge in [0.15, 0.2) is 0 Å². The quantitative estimate of drug-likeness (QED) is 0.865. The van der Waals surface area contributed by atoms with Crippen molar-refractivity contribution in [3.8, 4) is 0 Å². The molecule has 22 heavy (non-hydrogen) atoms. The summed E-state index contributed by atoms with van der Waals surface area (Å²) in [4.78, 5) is 16.4. The van der Waals surface area contributed by atoms with Crippen LogP contribution in [0.2, 0.25) is 0 Å². The molecule has 2 rings (SSSR count). The van der Waals surface area contributed by atoms with E-state index < -0.39 is 5.60 Å². The van der Waals surface area contributed by atoms with Gasteiger partial charge in [-0.2, -0.15) is 0 Å². The first kappa shape index (κ1) is 17.5. The fourth-order valence-electron chi connectivity index (χ4n) is 3.28. The molecule has 5 nitrogen and oxygen atoms in total. The maximum absolute atomic E-state index is 12.1. The van der Waals surface area contributed by atoms with E-state index in [-0.39, 0.29) is 6.09 Å². The predicted octanol–water partition coefficient (Wildman–Crippen LogP) is 2.32. The van der Waals surface area contributed by atoms with E-state index in [1.54, 1.807) is 0 Å². The molecular weight excluding hydrogens is 278 g/mol. The Morgan fingerprint density at radius 1 is 1.18 bits per heavy atom. The van der Waals surface area contributed by atoms with Gasteiger partial charge in [0.05, 0.1) is 0 Å². The molecular formula is C17H33N3O2. The number of rotatable bonds is 4. The summed E-state index contributed by atoms with van der Waals surface area (Å²) in [5.74, 6) is 0.566. The molecule has 2 saturated heterocycles. The number of amides is 1. The highest BCUT2D eigenvalue weighted by molar-refractivity contribution is 5.68. The van der Waals surface area contributed by atoms with Crippen molar-refractivity contribution >= 4 is 6.09 Å². The molecule has 1 amide bonds. The monoisotopic (exact) mass is 311 g/mol. The SMILES string of the molecule is CCN1CCC(NCC2CCN(C(=O)OC(C)(C)C)C2)CC1. The summed E-state index contributed by atoms with van der Waals surface area (Å²) in [6.07, 6.45) is 3.42. The summed E-state index contributed by atoms with van der Waals surface area (Å²) in [6, 6.07) is 0.651. The lowest BCUT2D eigenvalue weighted by Gasteiger charge is -2.32. The van der Waals surface area contributed by atoms with E-state index in [1.807, 2.05) is 25.7 Å². The van der Waals surface area contributed by atoms with Gasteiger partial charge in [-0.05, 0) is 72.1 Å². The van der Waals surface area contributed by atoms with Crippen LogP contribution in [-0.2, 0) is 4.74 Å².